The molecule has 23 heavy (non-hydrogen) atoms. The summed E-state index contributed by atoms with van der Waals surface area (Å²) in [5.74, 6) is -0.0675. The molecule has 0 spiro atoms. The molecule has 2 aromatic carbocycles. The average molecular weight is 331 g/mol. The molecular formula is C19H23ClN2O. The molecule has 122 valence electrons. The Hall–Kier alpha value is -2.00. The lowest BCUT2D eigenvalue weighted by molar-refractivity contribution is -0.115. The fourth-order valence-corrected chi connectivity index (χ4v) is 2.80. The van der Waals surface area contributed by atoms with Gasteiger partial charge in [0, 0.05) is 29.0 Å². The van der Waals surface area contributed by atoms with E-state index in [2.05, 4.69) is 31.0 Å². The standard InChI is InChI=1S/C19H23ClN2O/c1-4-22(14(2)3)17-11-9-16(10-12-17)21-19(23)13-15-7-5-6-8-18(15)20/h5-12,14H,4,13H2,1-3H3,(H,21,23). The monoisotopic (exact) mass is 330 g/mol. The fourth-order valence-electron chi connectivity index (χ4n) is 2.60. The van der Waals surface area contributed by atoms with Crippen molar-refractivity contribution in [1.29, 1.82) is 0 Å². The van der Waals surface area contributed by atoms with Gasteiger partial charge >= 0.3 is 0 Å². The predicted molar refractivity (Wildman–Crippen MR) is 98.4 cm³/mol. The maximum atomic E-state index is 12.1. The van der Waals surface area contributed by atoms with Gasteiger partial charge in [0.05, 0.1) is 6.42 Å². The molecule has 0 aromatic heterocycles. The summed E-state index contributed by atoms with van der Waals surface area (Å²) in [7, 11) is 0. The number of nitrogens with zero attached hydrogens (tertiary/aromatic N) is 1. The second-order valence-electron chi connectivity index (χ2n) is 5.74. The maximum Gasteiger partial charge on any atom is 0.228 e. The molecule has 2 aromatic rings. The number of hydrogen-bond acceptors (Lipinski definition) is 2. The largest absolute Gasteiger partial charge is 0.369 e. The van der Waals surface area contributed by atoms with Crippen LogP contribution in [0.5, 0.6) is 0 Å². The third-order valence-corrected chi connectivity index (χ3v) is 4.12. The molecule has 0 bridgehead atoms. The minimum atomic E-state index is -0.0675. The van der Waals surface area contributed by atoms with Gasteiger partial charge in [-0.15, -0.1) is 0 Å². The van der Waals surface area contributed by atoms with Crippen LogP contribution in [-0.4, -0.2) is 18.5 Å². The third-order valence-electron chi connectivity index (χ3n) is 3.76. The fraction of sp³-hybridized carbons (Fsp3) is 0.316. The van der Waals surface area contributed by atoms with Gasteiger partial charge in [-0.2, -0.15) is 0 Å². The lowest BCUT2D eigenvalue weighted by Gasteiger charge is -2.27. The van der Waals surface area contributed by atoms with Crippen molar-refractivity contribution < 1.29 is 4.79 Å². The van der Waals surface area contributed by atoms with E-state index >= 15 is 0 Å². The second kappa shape index (κ2) is 8.02. The summed E-state index contributed by atoms with van der Waals surface area (Å²) in [6, 6.07) is 15.8. The second-order valence-corrected chi connectivity index (χ2v) is 6.15. The molecule has 1 amide bonds. The van der Waals surface area contributed by atoms with Gasteiger partial charge < -0.3 is 10.2 Å². The number of amides is 1. The summed E-state index contributed by atoms with van der Waals surface area (Å²) in [5.41, 5.74) is 2.79. The Morgan fingerprint density at radius 3 is 2.35 bits per heavy atom. The highest BCUT2D eigenvalue weighted by Gasteiger charge is 2.10. The first-order chi connectivity index (χ1) is 11.0. The molecule has 2 rings (SSSR count). The maximum absolute atomic E-state index is 12.1. The Bertz CT molecular complexity index is 653. The number of nitrogens with one attached hydrogen (secondary N) is 1. The van der Waals surface area contributed by atoms with Gasteiger partial charge in [-0.3, -0.25) is 4.79 Å². The minimum absolute atomic E-state index is 0.0675. The molecule has 0 aliphatic carbocycles. The smallest absolute Gasteiger partial charge is 0.228 e. The van der Waals surface area contributed by atoms with Crippen LogP contribution in [0.25, 0.3) is 0 Å². The van der Waals surface area contributed by atoms with Crippen LogP contribution in [0.15, 0.2) is 48.5 Å². The number of rotatable bonds is 6. The van der Waals surface area contributed by atoms with Crippen LogP contribution in [0.2, 0.25) is 5.02 Å². The Morgan fingerprint density at radius 2 is 1.78 bits per heavy atom. The summed E-state index contributed by atoms with van der Waals surface area (Å²) < 4.78 is 0. The molecule has 3 nitrogen and oxygen atoms in total. The SMILES string of the molecule is CCN(c1ccc(NC(=O)Cc2ccccc2Cl)cc1)C(C)C. The van der Waals surface area contributed by atoms with Crippen molar-refractivity contribution in [2.45, 2.75) is 33.2 Å². The summed E-state index contributed by atoms with van der Waals surface area (Å²) in [6.45, 7) is 7.43. The molecule has 0 atom stereocenters. The molecule has 4 heteroatoms. The molecule has 0 fully saturated rings. The van der Waals surface area contributed by atoms with E-state index in [0.717, 1.165) is 23.5 Å². The summed E-state index contributed by atoms with van der Waals surface area (Å²) in [4.78, 5) is 14.4. The minimum Gasteiger partial charge on any atom is -0.369 e. The van der Waals surface area contributed by atoms with Gasteiger partial charge in [0.15, 0.2) is 0 Å². The van der Waals surface area contributed by atoms with Crippen LogP contribution in [0.3, 0.4) is 0 Å². The average Bonchev–Trinajstić information content (AvgIpc) is 2.51. The zero-order valence-electron chi connectivity index (χ0n) is 13.8. The number of anilines is 2. The third kappa shape index (κ3) is 4.73. The van der Waals surface area contributed by atoms with E-state index in [9.17, 15) is 4.79 Å². The Labute approximate surface area is 143 Å². The van der Waals surface area contributed by atoms with Gasteiger partial charge in [0.2, 0.25) is 5.91 Å². The lowest BCUT2D eigenvalue weighted by Crippen LogP contribution is -2.30. The highest BCUT2D eigenvalue weighted by molar-refractivity contribution is 6.31. The van der Waals surface area contributed by atoms with Gasteiger partial charge in [0.25, 0.3) is 0 Å². The van der Waals surface area contributed by atoms with E-state index in [4.69, 9.17) is 11.6 Å². The summed E-state index contributed by atoms with van der Waals surface area (Å²) >= 11 is 6.09. The number of carbonyl (C=O) groups is 1. The molecule has 0 radical (unpaired) electrons. The Balaban J connectivity index is 2.00. The van der Waals surface area contributed by atoms with E-state index in [1.807, 2.05) is 42.5 Å². The van der Waals surface area contributed by atoms with Crippen LogP contribution in [0.1, 0.15) is 26.3 Å². The van der Waals surface area contributed by atoms with Crippen molar-refractivity contribution in [2.75, 3.05) is 16.8 Å². The quantitative estimate of drug-likeness (QED) is 0.828. The van der Waals surface area contributed by atoms with Gasteiger partial charge in [-0.05, 0) is 56.7 Å². The first-order valence-corrected chi connectivity index (χ1v) is 8.29. The number of benzene rings is 2. The molecule has 0 aliphatic rings. The van der Waals surface area contributed by atoms with Crippen LogP contribution >= 0.6 is 11.6 Å². The van der Waals surface area contributed by atoms with Crippen LogP contribution in [-0.2, 0) is 11.2 Å². The number of hydrogen-bond donors (Lipinski definition) is 1. The van der Waals surface area contributed by atoms with Crippen molar-refractivity contribution in [1.82, 2.24) is 0 Å². The lowest BCUT2D eigenvalue weighted by atomic mass is 10.1. The van der Waals surface area contributed by atoms with Crippen molar-refractivity contribution in [3.63, 3.8) is 0 Å². The normalized spacial score (nSPS) is 10.7. The molecule has 0 saturated heterocycles. The van der Waals surface area contributed by atoms with Crippen LogP contribution in [0.4, 0.5) is 11.4 Å². The van der Waals surface area contributed by atoms with Gasteiger partial charge in [-0.25, -0.2) is 0 Å². The highest BCUT2D eigenvalue weighted by atomic mass is 35.5. The van der Waals surface area contributed by atoms with Crippen molar-refractivity contribution in [3.05, 3.63) is 59.1 Å². The zero-order chi connectivity index (χ0) is 16.8. The van der Waals surface area contributed by atoms with Crippen LogP contribution in [0, 0.1) is 0 Å². The molecule has 0 heterocycles. The van der Waals surface area contributed by atoms with E-state index in [0.29, 0.717) is 11.1 Å². The Kier molecular flexibility index (Phi) is 6.05. The molecule has 1 N–H and O–H groups in total. The van der Waals surface area contributed by atoms with E-state index in [1.54, 1.807) is 6.07 Å². The van der Waals surface area contributed by atoms with E-state index in [-0.39, 0.29) is 12.3 Å². The summed E-state index contributed by atoms with van der Waals surface area (Å²) in [6.07, 6.45) is 0.272. The zero-order valence-corrected chi connectivity index (χ0v) is 14.6. The highest BCUT2D eigenvalue weighted by Crippen LogP contribution is 2.20. The van der Waals surface area contributed by atoms with Crippen LogP contribution < -0.4 is 10.2 Å². The summed E-state index contributed by atoms with van der Waals surface area (Å²) in [5, 5.41) is 3.53. The topological polar surface area (TPSA) is 32.3 Å². The predicted octanol–water partition coefficient (Wildman–Crippen LogP) is 4.76. The molecule has 0 unspecified atom stereocenters. The van der Waals surface area contributed by atoms with Gasteiger partial charge in [0.1, 0.15) is 0 Å². The van der Waals surface area contributed by atoms with Gasteiger partial charge in [-0.1, -0.05) is 29.8 Å². The van der Waals surface area contributed by atoms with Crippen molar-refractivity contribution in [2.24, 2.45) is 0 Å². The first kappa shape index (κ1) is 17.4. The van der Waals surface area contributed by atoms with E-state index in [1.165, 1.54) is 0 Å². The number of halogens is 1. The van der Waals surface area contributed by atoms with Crippen molar-refractivity contribution in [3.8, 4) is 0 Å². The molecule has 0 aliphatic heterocycles. The molecular weight excluding hydrogens is 308 g/mol. The van der Waals surface area contributed by atoms with Crippen molar-refractivity contribution >= 4 is 28.9 Å². The first-order valence-electron chi connectivity index (χ1n) is 7.91. The Morgan fingerprint density at radius 1 is 1.13 bits per heavy atom. The molecule has 0 saturated carbocycles. The number of carbonyl (C=O) groups excluding carboxylic acids is 1. The van der Waals surface area contributed by atoms with E-state index < -0.39 is 0 Å².